The number of nitrogens with zero attached hydrogens (tertiary/aromatic N) is 2. The van der Waals surface area contributed by atoms with Crippen LogP contribution in [0.1, 0.15) is 28.9 Å². The largest absolute Gasteiger partial charge is 0.481 e. The molecular formula is C15H14N4O5S. The maximum atomic E-state index is 12.4. The van der Waals surface area contributed by atoms with E-state index in [2.05, 4.69) is 20.8 Å². The van der Waals surface area contributed by atoms with Crippen LogP contribution < -0.4 is 10.6 Å². The minimum Gasteiger partial charge on any atom is -0.481 e. The van der Waals surface area contributed by atoms with E-state index >= 15 is 0 Å². The number of carbonyl (C=O) groups excluding carboxylic acids is 2. The average molecular weight is 362 g/mol. The zero-order chi connectivity index (χ0) is 18.4. The van der Waals surface area contributed by atoms with Gasteiger partial charge in [-0.15, -0.1) is 4.91 Å². The van der Waals surface area contributed by atoms with E-state index < -0.39 is 17.8 Å². The zero-order valence-corrected chi connectivity index (χ0v) is 13.9. The number of nitrogens with one attached hydrogen (secondary N) is 2. The number of thiazole rings is 1. The lowest BCUT2D eigenvalue weighted by Crippen LogP contribution is -2.18. The van der Waals surface area contributed by atoms with E-state index in [1.165, 1.54) is 12.1 Å². The van der Waals surface area contributed by atoms with Crippen LogP contribution in [0.2, 0.25) is 0 Å². The summed E-state index contributed by atoms with van der Waals surface area (Å²) in [6.45, 7) is 1.60. The minimum atomic E-state index is -1.08. The molecule has 0 radical (unpaired) electrons. The molecule has 0 saturated carbocycles. The highest BCUT2D eigenvalue weighted by Gasteiger charge is 2.16. The Morgan fingerprint density at radius 1 is 1.20 bits per heavy atom. The SMILES string of the molecule is Cc1nc(NC(=O)c2ccccc2NC(=O)CCC(=O)O)sc1N=O. The van der Waals surface area contributed by atoms with Crippen molar-refractivity contribution in [1.29, 1.82) is 0 Å². The Bertz CT molecular complexity index is 833. The van der Waals surface area contributed by atoms with Gasteiger partial charge in [0, 0.05) is 6.42 Å². The highest BCUT2D eigenvalue weighted by Crippen LogP contribution is 2.30. The molecule has 0 fully saturated rings. The molecule has 25 heavy (non-hydrogen) atoms. The first-order valence-electron chi connectivity index (χ1n) is 7.13. The van der Waals surface area contributed by atoms with Crippen molar-refractivity contribution < 1.29 is 19.5 Å². The van der Waals surface area contributed by atoms with E-state index in [0.717, 1.165) is 11.3 Å². The van der Waals surface area contributed by atoms with Gasteiger partial charge < -0.3 is 10.4 Å². The third-order valence-corrected chi connectivity index (χ3v) is 4.04. The quantitative estimate of drug-likeness (QED) is 0.647. The molecule has 0 aliphatic rings. The van der Waals surface area contributed by atoms with E-state index in [-0.39, 0.29) is 34.2 Å². The Balaban J connectivity index is 2.12. The normalized spacial score (nSPS) is 10.1. The molecule has 2 aromatic rings. The fourth-order valence-electron chi connectivity index (χ4n) is 1.91. The Kier molecular flexibility index (Phi) is 5.90. The van der Waals surface area contributed by atoms with Gasteiger partial charge in [0.25, 0.3) is 5.91 Å². The lowest BCUT2D eigenvalue weighted by Gasteiger charge is -2.10. The molecule has 0 spiro atoms. The summed E-state index contributed by atoms with van der Waals surface area (Å²) in [5.74, 6) is -2.12. The molecule has 2 rings (SSSR count). The summed E-state index contributed by atoms with van der Waals surface area (Å²) in [4.78, 5) is 49.3. The first-order valence-corrected chi connectivity index (χ1v) is 7.95. The second-order valence-electron chi connectivity index (χ2n) is 4.94. The molecule has 0 bridgehead atoms. The molecule has 130 valence electrons. The number of rotatable bonds is 7. The number of aromatic nitrogens is 1. The number of hydrogen-bond donors (Lipinski definition) is 3. The van der Waals surface area contributed by atoms with Gasteiger partial charge in [-0.25, -0.2) is 4.98 Å². The van der Waals surface area contributed by atoms with Crippen LogP contribution in [0, 0.1) is 11.8 Å². The molecule has 1 aromatic carbocycles. The van der Waals surface area contributed by atoms with Crippen LogP contribution in [-0.2, 0) is 9.59 Å². The van der Waals surface area contributed by atoms with Crippen molar-refractivity contribution in [3.05, 3.63) is 40.4 Å². The molecular weight excluding hydrogens is 348 g/mol. The zero-order valence-electron chi connectivity index (χ0n) is 13.1. The number of aryl methyl sites for hydroxylation is 1. The first-order chi connectivity index (χ1) is 11.9. The number of anilines is 2. The van der Waals surface area contributed by atoms with E-state index in [4.69, 9.17) is 5.11 Å². The summed E-state index contributed by atoms with van der Waals surface area (Å²) in [5, 5.41) is 16.8. The molecule has 10 heteroatoms. The number of hydrogen-bond acceptors (Lipinski definition) is 7. The van der Waals surface area contributed by atoms with Crippen LogP contribution in [0.5, 0.6) is 0 Å². The monoisotopic (exact) mass is 362 g/mol. The van der Waals surface area contributed by atoms with Gasteiger partial charge in [-0.05, 0) is 24.2 Å². The predicted octanol–water partition coefficient (Wildman–Crippen LogP) is 2.91. The number of amides is 2. The molecule has 2 amide bonds. The predicted molar refractivity (Wildman–Crippen MR) is 92.2 cm³/mol. The van der Waals surface area contributed by atoms with E-state index in [9.17, 15) is 19.3 Å². The van der Waals surface area contributed by atoms with Crippen molar-refractivity contribution in [3.63, 3.8) is 0 Å². The fourth-order valence-corrected chi connectivity index (χ4v) is 2.65. The fraction of sp³-hybridized carbons (Fsp3) is 0.200. The molecule has 0 aliphatic heterocycles. The average Bonchev–Trinajstić information content (AvgIpc) is 2.92. The summed E-state index contributed by atoms with van der Waals surface area (Å²) >= 11 is 0.939. The first kappa shape index (κ1) is 18.2. The Morgan fingerprint density at radius 3 is 2.56 bits per heavy atom. The van der Waals surface area contributed by atoms with Crippen molar-refractivity contribution in [3.8, 4) is 0 Å². The third kappa shape index (κ3) is 4.91. The summed E-state index contributed by atoms with van der Waals surface area (Å²) in [6.07, 6.45) is -0.509. The van der Waals surface area contributed by atoms with E-state index in [0.29, 0.717) is 5.69 Å². The van der Waals surface area contributed by atoms with Crippen LogP contribution >= 0.6 is 11.3 Å². The summed E-state index contributed by atoms with van der Waals surface area (Å²) in [5.41, 5.74) is 0.836. The van der Waals surface area contributed by atoms with Crippen molar-refractivity contribution in [2.75, 3.05) is 10.6 Å². The van der Waals surface area contributed by atoms with Crippen LogP contribution in [0.3, 0.4) is 0 Å². The molecule has 9 nitrogen and oxygen atoms in total. The molecule has 3 N–H and O–H groups in total. The number of carbonyl (C=O) groups is 3. The highest BCUT2D eigenvalue weighted by atomic mass is 32.1. The topological polar surface area (TPSA) is 138 Å². The number of benzene rings is 1. The van der Waals surface area contributed by atoms with Gasteiger partial charge in [-0.1, -0.05) is 23.5 Å². The Hall–Kier alpha value is -3.14. The van der Waals surface area contributed by atoms with E-state index in [1.807, 2.05) is 0 Å². The van der Waals surface area contributed by atoms with Gasteiger partial charge in [0.2, 0.25) is 5.91 Å². The summed E-state index contributed by atoms with van der Waals surface area (Å²) < 4.78 is 0. The highest BCUT2D eigenvalue weighted by molar-refractivity contribution is 7.19. The van der Waals surface area contributed by atoms with Gasteiger partial charge >= 0.3 is 5.97 Å². The Morgan fingerprint density at radius 2 is 1.92 bits per heavy atom. The number of aliphatic carboxylic acids is 1. The maximum Gasteiger partial charge on any atom is 0.303 e. The molecule has 0 aliphatic carbocycles. The third-order valence-electron chi connectivity index (χ3n) is 3.09. The lowest BCUT2D eigenvalue weighted by molar-refractivity contribution is -0.138. The van der Waals surface area contributed by atoms with Crippen LogP contribution in [0.15, 0.2) is 29.4 Å². The van der Waals surface area contributed by atoms with Crippen LogP contribution in [0.4, 0.5) is 15.8 Å². The molecule has 0 saturated heterocycles. The van der Waals surface area contributed by atoms with Crippen molar-refractivity contribution in [2.45, 2.75) is 19.8 Å². The van der Waals surface area contributed by atoms with Gasteiger partial charge in [0.15, 0.2) is 10.1 Å². The second kappa shape index (κ2) is 8.11. The van der Waals surface area contributed by atoms with Gasteiger partial charge in [-0.2, -0.15) is 0 Å². The van der Waals surface area contributed by atoms with E-state index in [1.54, 1.807) is 19.1 Å². The van der Waals surface area contributed by atoms with Gasteiger partial charge in [0.1, 0.15) is 0 Å². The van der Waals surface area contributed by atoms with Gasteiger partial charge in [-0.3, -0.25) is 19.7 Å². The number of carboxylic acids is 1. The molecule has 1 aromatic heterocycles. The van der Waals surface area contributed by atoms with Crippen LogP contribution in [0.25, 0.3) is 0 Å². The van der Waals surface area contributed by atoms with Crippen molar-refractivity contribution in [2.24, 2.45) is 5.18 Å². The molecule has 1 heterocycles. The smallest absolute Gasteiger partial charge is 0.303 e. The molecule has 0 atom stereocenters. The summed E-state index contributed by atoms with van der Waals surface area (Å²) in [7, 11) is 0. The maximum absolute atomic E-state index is 12.4. The lowest BCUT2D eigenvalue weighted by atomic mass is 10.1. The van der Waals surface area contributed by atoms with Gasteiger partial charge in [0.05, 0.1) is 23.4 Å². The number of para-hydroxylation sites is 1. The van der Waals surface area contributed by atoms with Crippen molar-refractivity contribution >= 4 is 44.9 Å². The second-order valence-corrected chi connectivity index (χ2v) is 5.92. The minimum absolute atomic E-state index is 0.172. The standard InChI is InChI=1S/C15H14N4O5S/c1-8-14(19-24)25-15(16-8)18-13(23)9-4-2-3-5-10(9)17-11(20)6-7-12(21)22/h2-5H,6-7H2,1H3,(H,17,20)(H,21,22)(H,16,18,23). The Labute approximate surface area is 146 Å². The number of nitroso groups, excluding NO2 is 1. The summed E-state index contributed by atoms with van der Waals surface area (Å²) in [6, 6.07) is 6.28. The number of carboxylic acid groups (broad SMARTS) is 1. The molecule has 0 unspecified atom stereocenters. The van der Waals surface area contributed by atoms with Crippen molar-refractivity contribution in [1.82, 2.24) is 4.98 Å². The van der Waals surface area contributed by atoms with Crippen LogP contribution in [-0.4, -0.2) is 27.9 Å².